The van der Waals surface area contributed by atoms with Crippen molar-refractivity contribution in [2.45, 2.75) is 25.5 Å². The summed E-state index contributed by atoms with van der Waals surface area (Å²) in [6.45, 7) is 4.30. The number of para-hydroxylation sites is 2. The van der Waals surface area contributed by atoms with E-state index in [-0.39, 0.29) is 17.6 Å². The molecule has 0 aliphatic rings. The summed E-state index contributed by atoms with van der Waals surface area (Å²) in [4.78, 5) is 28.3. The van der Waals surface area contributed by atoms with E-state index < -0.39 is 0 Å². The van der Waals surface area contributed by atoms with Gasteiger partial charge < -0.3 is 4.42 Å². The highest BCUT2D eigenvalue weighted by atomic mass is 32.2. The molecule has 2 aromatic carbocycles. The Morgan fingerprint density at radius 3 is 2.52 bits per heavy atom. The summed E-state index contributed by atoms with van der Waals surface area (Å²) in [6, 6.07) is 14.8. The fraction of sp³-hybridized carbons (Fsp3) is 0.250. The lowest BCUT2D eigenvalue weighted by atomic mass is 10.0. The Kier molecular flexibility index (Phi) is 6.13. The maximum Gasteiger partial charge on any atom is 0.269 e. The molecular formula is C20H21N3O3S. The van der Waals surface area contributed by atoms with Gasteiger partial charge in [0.25, 0.3) is 11.1 Å². The second-order valence-corrected chi connectivity index (χ2v) is 7.46. The number of hydrogen-bond donors (Lipinski definition) is 2. The minimum Gasteiger partial charge on any atom is -0.431 e. The molecule has 0 fully saturated rings. The van der Waals surface area contributed by atoms with Crippen LogP contribution in [0.3, 0.4) is 0 Å². The minimum atomic E-state index is -0.355. The fourth-order valence-electron chi connectivity index (χ4n) is 2.54. The number of carbonyl (C=O) groups excluding carboxylic acids is 2. The summed E-state index contributed by atoms with van der Waals surface area (Å²) in [7, 11) is 0. The molecule has 0 atom stereocenters. The van der Waals surface area contributed by atoms with Crippen molar-refractivity contribution in [1.29, 1.82) is 0 Å². The smallest absolute Gasteiger partial charge is 0.269 e. The van der Waals surface area contributed by atoms with Crippen molar-refractivity contribution in [2.75, 3.05) is 5.75 Å². The maximum absolute atomic E-state index is 12.1. The molecule has 6 nitrogen and oxygen atoms in total. The van der Waals surface area contributed by atoms with Crippen LogP contribution in [0.15, 0.2) is 58.2 Å². The molecule has 3 rings (SSSR count). The molecule has 140 valence electrons. The molecule has 1 aromatic heterocycles. The summed E-state index contributed by atoms with van der Waals surface area (Å²) < 4.78 is 5.54. The third-order valence-corrected chi connectivity index (χ3v) is 4.60. The molecule has 0 saturated heterocycles. The first-order valence-corrected chi connectivity index (χ1v) is 9.66. The third-order valence-electron chi connectivity index (χ3n) is 3.78. The first-order chi connectivity index (χ1) is 13.0. The Morgan fingerprint density at radius 1 is 1.07 bits per heavy atom. The topological polar surface area (TPSA) is 84.2 Å². The van der Waals surface area contributed by atoms with Crippen molar-refractivity contribution in [2.24, 2.45) is 5.92 Å². The van der Waals surface area contributed by atoms with Gasteiger partial charge in [0.1, 0.15) is 5.52 Å². The van der Waals surface area contributed by atoms with E-state index in [1.54, 1.807) is 12.1 Å². The van der Waals surface area contributed by atoms with E-state index in [9.17, 15) is 9.59 Å². The molecule has 7 heteroatoms. The molecule has 3 aromatic rings. The Hall–Kier alpha value is -2.80. The molecule has 0 radical (unpaired) electrons. The van der Waals surface area contributed by atoms with E-state index in [4.69, 9.17) is 4.42 Å². The molecule has 0 saturated carbocycles. The average molecular weight is 383 g/mol. The van der Waals surface area contributed by atoms with Crippen LogP contribution in [0.25, 0.3) is 11.1 Å². The third kappa shape index (κ3) is 5.34. The predicted molar refractivity (Wildman–Crippen MR) is 105 cm³/mol. The highest BCUT2D eigenvalue weighted by Crippen LogP contribution is 2.22. The van der Waals surface area contributed by atoms with Crippen molar-refractivity contribution in [3.05, 3.63) is 59.7 Å². The molecule has 2 amide bonds. The Balaban J connectivity index is 1.46. The van der Waals surface area contributed by atoms with Gasteiger partial charge in [0.05, 0.1) is 5.75 Å². The largest absolute Gasteiger partial charge is 0.431 e. The highest BCUT2D eigenvalue weighted by molar-refractivity contribution is 7.99. The van der Waals surface area contributed by atoms with Crippen molar-refractivity contribution >= 4 is 34.7 Å². The van der Waals surface area contributed by atoms with Crippen molar-refractivity contribution in [1.82, 2.24) is 15.8 Å². The number of nitrogens with one attached hydrogen (secondary N) is 2. The van der Waals surface area contributed by atoms with Crippen molar-refractivity contribution < 1.29 is 14.0 Å². The van der Waals surface area contributed by atoms with Crippen LogP contribution in [-0.4, -0.2) is 22.6 Å². The zero-order valence-electron chi connectivity index (χ0n) is 15.2. The molecule has 0 aliphatic heterocycles. The number of rotatable bonds is 6. The van der Waals surface area contributed by atoms with Gasteiger partial charge in [-0.05, 0) is 42.2 Å². The Morgan fingerprint density at radius 2 is 1.81 bits per heavy atom. The number of amides is 2. The molecule has 0 unspecified atom stereocenters. The standard InChI is InChI=1S/C20H21N3O3S/c1-13(2)11-14-7-9-15(10-8-14)19(25)23-22-18(24)12-27-20-21-16-5-3-4-6-17(16)26-20/h3-10,13H,11-12H2,1-2H3,(H,22,24)(H,23,25). The fourth-order valence-corrected chi connectivity index (χ4v) is 3.18. The van der Waals surface area contributed by atoms with Gasteiger partial charge in [-0.15, -0.1) is 0 Å². The minimum absolute atomic E-state index is 0.0838. The average Bonchev–Trinajstić information content (AvgIpc) is 3.07. The molecule has 2 N–H and O–H groups in total. The quantitative estimate of drug-likeness (QED) is 0.502. The van der Waals surface area contributed by atoms with Gasteiger partial charge in [-0.1, -0.05) is 49.9 Å². The first kappa shape index (κ1) is 19.0. The van der Waals surface area contributed by atoms with Crippen LogP contribution in [0.1, 0.15) is 29.8 Å². The second-order valence-electron chi connectivity index (χ2n) is 6.53. The van der Waals surface area contributed by atoms with Crippen LogP contribution in [0, 0.1) is 5.92 Å². The monoisotopic (exact) mass is 383 g/mol. The molecule has 27 heavy (non-hydrogen) atoms. The zero-order valence-corrected chi connectivity index (χ0v) is 16.0. The first-order valence-electron chi connectivity index (χ1n) is 8.68. The van der Waals surface area contributed by atoms with Crippen LogP contribution < -0.4 is 10.9 Å². The van der Waals surface area contributed by atoms with E-state index in [1.807, 2.05) is 36.4 Å². The molecular weight excluding hydrogens is 362 g/mol. The summed E-state index contributed by atoms with van der Waals surface area (Å²) in [5.41, 5.74) is 7.92. The number of carbonyl (C=O) groups is 2. The lowest BCUT2D eigenvalue weighted by Gasteiger charge is -2.08. The number of oxazole rings is 1. The summed E-state index contributed by atoms with van der Waals surface area (Å²) in [5, 5.41) is 0.415. The van der Waals surface area contributed by atoms with Crippen LogP contribution in [-0.2, 0) is 11.2 Å². The zero-order chi connectivity index (χ0) is 19.2. The Labute approximate surface area is 161 Å². The molecule has 1 heterocycles. The number of fused-ring (bicyclic) bond motifs is 1. The number of thioether (sulfide) groups is 1. The second kappa shape index (κ2) is 8.73. The van der Waals surface area contributed by atoms with Gasteiger partial charge in [-0.2, -0.15) is 0 Å². The molecule has 0 bridgehead atoms. The SMILES string of the molecule is CC(C)Cc1ccc(C(=O)NNC(=O)CSc2nc3ccccc3o2)cc1. The predicted octanol–water partition coefficient (Wildman–Crippen LogP) is 3.58. The van der Waals surface area contributed by atoms with E-state index in [0.29, 0.717) is 22.3 Å². The number of aromatic nitrogens is 1. The van der Waals surface area contributed by atoms with Crippen LogP contribution in [0.5, 0.6) is 0 Å². The lowest BCUT2D eigenvalue weighted by molar-refractivity contribution is -0.119. The Bertz CT molecular complexity index is 902. The van der Waals surface area contributed by atoms with E-state index >= 15 is 0 Å². The van der Waals surface area contributed by atoms with Gasteiger partial charge in [0.15, 0.2) is 5.58 Å². The van der Waals surface area contributed by atoms with Gasteiger partial charge >= 0.3 is 0 Å². The number of hydrazine groups is 1. The summed E-state index contributed by atoms with van der Waals surface area (Å²) in [5.74, 6) is -0.0542. The molecule has 0 spiro atoms. The number of hydrogen-bond acceptors (Lipinski definition) is 5. The molecule has 0 aliphatic carbocycles. The van der Waals surface area contributed by atoms with Crippen LogP contribution in [0.4, 0.5) is 0 Å². The van der Waals surface area contributed by atoms with E-state index in [1.165, 1.54) is 17.3 Å². The van der Waals surface area contributed by atoms with E-state index in [2.05, 4.69) is 29.7 Å². The van der Waals surface area contributed by atoms with Gasteiger partial charge in [0.2, 0.25) is 5.91 Å². The normalized spacial score (nSPS) is 10.9. The lowest BCUT2D eigenvalue weighted by Crippen LogP contribution is -2.42. The van der Waals surface area contributed by atoms with E-state index in [0.717, 1.165) is 11.9 Å². The van der Waals surface area contributed by atoms with Crippen molar-refractivity contribution in [3.63, 3.8) is 0 Å². The van der Waals surface area contributed by atoms with Crippen LogP contribution >= 0.6 is 11.8 Å². The highest BCUT2D eigenvalue weighted by Gasteiger charge is 2.11. The number of benzene rings is 2. The summed E-state index contributed by atoms with van der Waals surface area (Å²) in [6.07, 6.45) is 0.964. The van der Waals surface area contributed by atoms with Gasteiger partial charge in [-0.25, -0.2) is 4.98 Å². The van der Waals surface area contributed by atoms with Gasteiger partial charge in [0, 0.05) is 5.56 Å². The maximum atomic E-state index is 12.1. The van der Waals surface area contributed by atoms with Gasteiger partial charge in [-0.3, -0.25) is 20.4 Å². The summed E-state index contributed by atoms with van der Waals surface area (Å²) >= 11 is 1.17. The van der Waals surface area contributed by atoms with Crippen molar-refractivity contribution in [3.8, 4) is 0 Å². The number of nitrogens with zero attached hydrogens (tertiary/aromatic N) is 1. The van der Waals surface area contributed by atoms with Crippen LogP contribution in [0.2, 0.25) is 0 Å².